The number of nitrogens with zero attached hydrogens (tertiary/aromatic N) is 3. The van der Waals surface area contributed by atoms with Gasteiger partial charge in [0.1, 0.15) is 17.2 Å². The summed E-state index contributed by atoms with van der Waals surface area (Å²) in [6, 6.07) is 7.90. The van der Waals surface area contributed by atoms with Gasteiger partial charge in [-0.2, -0.15) is 11.8 Å². The normalized spacial score (nSPS) is 20.2. The molecule has 1 saturated heterocycles. The van der Waals surface area contributed by atoms with Crippen molar-refractivity contribution >= 4 is 28.7 Å². The van der Waals surface area contributed by atoms with Crippen molar-refractivity contribution in [3.63, 3.8) is 0 Å². The van der Waals surface area contributed by atoms with Crippen molar-refractivity contribution in [3.8, 4) is 5.75 Å². The second-order valence-corrected chi connectivity index (χ2v) is 11.6. The fraction of sp³-hybridized carbons (Fsp3) is 0.517. The van der Waals surface area contributed by atoms with Crippen molar-refractivity contribution in [1.82, 2.24) is 19.4 Å². The molecule has 39 heavy (non-hydrogen) atoms. The highest BCUT2D eigenvalue weighted by Gasteiger charge is 2.29. The van der Waals surface area contributed by atoms with Gasteiger partial charge in [0.05, 0.1) is 18.2 Å². The largest absolute Gasteiger partial charge is 0.494 e. The molecule has 3 heterocycles. The minimum Gasteiger partial charge on any atom is -0.494 e. The molecule has 5 rings (SSSR count). The number of ether oxygens (including phenoxy) is 1. The Morgan fingerprint density at radius 1 is 1.05 bits per heavy atom. The van der Waals surface area contributed by atoms with Gasteiger partial charge in [0.25, 0.3) is 11.5 Å². The number of pyridine rings is 1. The van der Waals surface area contributed by atoms with Gasteiger partial charge in [-0.25, -0.2) is 14.2 Å². The first-order valence-electron chi connectivity index (χ1n) is 13.9. The van der Waals surface area contributed by atoms with Crippen LogP contribution in [0.5, 0.6) is 5.75 Å². The maximum atomic E-state index is 14.1. The molecule has 0 bridgehead atoms. The van der Waals surface area contributed by atoms with Crippen LogP contribution in [0.15, 0.2) is 46.1 Å². The molecule has 0 radical (unpaired) electrons. The standard InChI is InChI=1S/C29H35FN4O4S/c1-2-3-14-38-24-10-4-19(5-11-24)27(35)32-21-6-8-22(9-7-21)34-28(36)25-17-20(30)18-31-26(25)33(29(34)37)23-12-15-39-16-13-23/h4-5,10-11,17-18,21-23H,2-3,6-9,12-16H2,1H3,(H,32,35). The Hall–Kier alpha value is -3.14. The van der Waals surface area contributed by atoms with E-state index in [2.05, 4.69) is 17.2 Å². The third-order valence-corrected chi connectivity index (χ3v) is 8.81. The number of hydrogen-bond acceptors (Lipinski definition) is 6. The predicted octanol–water partition coefficient (Wildman–Crippen LogP) is 4.86. The van der Waals surface area contributed by atoms with E-state index < -0.39 is 11.4 Å². The van der Waals surface area contributed by atoms with Crippen molar-refractivity contribution < 1.29 is 13.9 Å². The van der Waals surface area contributed by atoms with Gasteiger partial charge in [-0.05, 0) is 86.8 Å². The van der Waals surface area contributed by atoms with Gasteiger partial charge in [-0.15, -0.1) is 0 Å². The molecule has 10 heteroatoms. The number of hydrogen-bond donors (Lipinski definition) is 1. The summed E-state index contributed by atoms with van der Waals surface area (Å²) in [5.74, 6) is 1.86. The van der Waals surface area contributed by atoms with Crippen LogP contribution < -0.4 is 21.3 Å². The lowest BCUT2D eigenvalue weighted by Crippen LogP contribution is -2.46. The van der Waals surface area contributed by atoms with Crippen molar-refractivity contribution in [1.29, 1.82) is 0 Å². The zero-order valence-electron chi connectivity index (χ0n) is 22.2. The highest BCUT2D eigenvalue weighted by Crippen LogP contribution is 2.30. The second kappa shape index (κ2) is 12.4. The summed E-state index contributed by atoms with van der Waals surface area (Å²) in [6.45, 7) is 2.76. The summed E-state index contributed by atoms with van der Waals surface area (Å²) in [7, 11) is 0. The van der Waals surface area contributed by atoms with E-state index in [-0.39, 0.29) is 40.8 Å². The Bertz CT molecular complexity index is 1420. The number of amides is 1. The first kappa shape index (κ1) is 27.4. The smallest absolute Gasteiger partial charge is 0.333 e. The van der Waals surface area contributed by atoms with Crippen LogP contribution in [0.2, 0.25) is 0 Å². The van der Waals surface area contributed by atoms with Crippen molar-refractivity contribution in [2.45, 2.75) is 76.4 Å². The number of fused-ring (bicyclic) bond motifs is 1. The fourth-order valence-electron chi connectivity index (χ4n) is 5.58. The quantitative estimate of drug-likeness (QED) is 0.400. The van der Waals surface area contributed by atoms with Crippen LogP contribution in [0.4, 0.5) is 4.39 Å². The Morgan fingerprint density at radius 3 is 2.44 bits per heavy atom. The number of halogens is 1. The number of carbonyl (C=O) groups excluding carboxylic acids is 1. The van der Waals surface area contributed by atoms with Gasteiger partial charge in [0.15, 0.2) is 0 Å². The van der Waals surface area contributed by atoms with Gasteiger partial charge in [-0.3, -0.25) is 18.7 Å². The average Bonchev–Trinajstić information content (AvgIpc) is 2.95. The van der Waals surface area contributed by atoms with Crippen LogP contribution in [0.25, 0.3) is 11.0 Å². The number of thioether (sulfide) groups is 1. The van der Waals surface area contributed by atoms with E-state index in [1.165, 1.54) is 10.6 Å². The monoisotopic (exact) mass is 554 g/mol. The molecule has 0 atom stereocenters. The van der Waals surface area contributed by atoms with Crippen LogP contribution in [0.3, 0.4) is 0 Å². The first-order chi connectivity index (χ1) is 19.0. The summed E-state index contributed by atoms with van der Waals surface area (Å²) in [6.07, 6.45) is 7.14. The topological polar surface area (TPSA) is 95.2 Å². The Balaban J connectivity index is 1.30. The molecule has 2 fully saturated rings. The van der Waals surface area contributed by atoms with E-state index in [9.17, 15) is 18.8 Å². The van der Waals surface area contributed by atoms with Gasteiger partial charge < -0.3 is 10.1 Å². The summed E-state index contributed by atoms with van der Waals surface area (Å²) >= 11 is 1.85. The molecule has 1 aromatic carbocycles. The molecule has 1 aliphatic carbocycles. The molecular formula is C29H35FN4O4S. The van der Waals surface area contributed by atoms with E-state index in [1.807, 2.05) is 11.8 Å². The molecule has 1 N–H and O–H groups in total. The first-order valence-corrected chi connectivity index (χ1v) is 15.1. The van der Waals surface area contributed by atoms with Crippen molar-refractivity contribution in [2.24, 2.45) is 0 Å². The van der Waals surface area contributed by atoms with Crippen LogP contribution in [-0.4, -0.2) is 44.2 Å². The summed E-state index contributed by atoms with van der Waals surface area (Å²) in [5, 5.41) is 3.24. The van der Waals surface area contributed by atoms with E-state index in [1.54, 1.807) is 28.8 Å². The van der Waals surface area contributed by atoms with Crippen LogP contribution in [0.1, 0.15) is 80.7 Å². The molecule has 0 spiro atoms. The molecule has 1 aliphatic heterocycles. The minimum absolute atomic E-state index is 0.0536. The fourth-order valence-corrected chi connectivity index (χ4v) is 6.66. The number of carbonyl (C=O) groups is 1. The van der Waals surface area contributed by atoms with Crippen LogP contribution in [-0.2, 0) is 0 Å². The zero-order valence-corrected chi connectivity index (χ0v) is 23.1. The van der Waals surface area contributed by atoms with E-state index >= 15 is 0 Å². The highest BCUT2D eigenvalue weighted by molar-refractivity contribution is 7.99. The lowest BCUT2D eigenvalue weighted by Gasteiger charge is -2.31. The van der Waals surface area contributed by atoms with E-state index in [0.717, 1.165) is 49.1 Å². The maximum Gasteiger partial charge on any atom is 0.333 e. The summed E-state index contributed by atoms with van der Waals surface area (Å²) in [5.41, 5.74) is -0.0227. The lowest BCUT2D eigenvalue weighted by molar-refractivity contribution is 0.0921. The number of unbranched alkanes of at least 4 members (excludes halogenated alkanes) is 1. The van der Waals surface area contributed by atoms with Crippen molar-refractivity contribution in [2.75, 3.05) is 18.1 Å². The van der Waals surface area contributed by atoms with Gasteiger partial charge >= 0.3 is 5.69 Å². The second-order valence-electron chi connectivity index (χ2n) is 10.4. The number of rotatable bonds is 8. The third kappa shape index (κ3) is 6.05. The molecule has 208 valence electrons. The Labute approximate surface area is 231 Å². The van der Waals surface area contributed by atoms with E-state index in [0.29, 0.717) is 37.9 Å². The SMILES string of the molecule is CCCCOc1ccc(C(=O)NC2CCC(n3c(=O)c4cc(F)cnc4n(C4CCSCC4)c3=O)CC2)cc1. The highest BCUT2D eigenvalue weighted by atomic mass is 32.2. The predicted molar refractivity (Wildman–Crippen MR) is 151 cm³/mol. The summed E-state index contributed by atoms with van der Waals surface area (Å²) in [4.78, 5) is 44.2. The van der Waals surface area contributed by atoms with Crippen LogP contribution in [0, 0.1) is 5.82 Å². The van der Waals surface area contributed by atoms with E-state index in [4.69, 9.17) is 4.74 Å². The number of nitrogens with one attached hydrogen (secondary N) is 1. The van der Waals surface area contributed by atoms with Crippen molar-refractivity contribution in [3.05, 3.63) is 68.7 Å². The summed E-state index contributed by atoms with van der Waals surface area (Å²) < 4.78 is 22.7. The maximum absolute atomic E-state index is 14.1. The van der Waals surface area contributed by atoms with Gasteiger partial charge in [0.2, 0.25) is 0 Å². The molecular weight excluding hydrogens is 519 g/mol. The average molecular weight is 555 g/mol. The van der Waals surface area contributed by atoms with Gasteiger partial charge in [0, 0.05) is 23.7 Å². The minimum atomic E-state index is -0.595. The third-order valence-electron chi connectivity index (χ3n) is 7.76. The number of benzene rings is 1. The molecule has 2 aromatic heterocycles. The molecule has 1 saturated carbocycles. The zero-order chi connectivity index (χ0) is 27.4. The Morgan fingerprint density at radius 2 is 1.74 bits per heavy atom. The van der Waals surface area contributed by atoms with Crippen LogP contribution >= 0.6 is 11.8 Å². The molecule has 8 nitrogen and oxygen atoms in total. The molecule has 3 aromatic rings. The van der Waals surface area contributed by atoms with Gasteiger partial charge in [-0.1, -0.05) is 13.3 Å². The molecule has 2 aliphatic rings. The Kier molecular flexibility index (Phi) is 8.69. The molecule has 1 amide bonds. The lowest BCUT2D eigenvalue weighted by atomic mass is 9.90. The molecule has 0 unspecified atom stereocenters. The number of aromatic nitrogens is 3.